The molecule has 20 heavy (non-hydrogen) atoms. The quantitative estimate of drug-likeness (QED) is 0.777. The summed E-state index contributed by atoms with van der Waals surface area (Å²) in [4.78, 5) is 2.68. The van der Waals surface area contributed by atoms with Gasteiger partial charge in [-0.2, -0.15) is 0 Å². The van der Waals surface area contributed by atoms with Crippen molar-refractivity contribution in [3.05, 3.63) is 55.7 Å². The van der Waals surface area contributed by atoms with Crippen LogP contribution in [0, 0.1) is 6.92 Å². The summed E-state index contributed by atoms with van der Waals surface area (Å²) in [6.45, 7) is 8.97. The number of aryl methyl sites for hydroxylation is 1. The molecule has 0 saturated carbocycles. The van der Waals surface area contributed by atoms with Gasteiger partial charge in [-0.3, -0.25) is 0 Å². The molecule has 0 spiro atoms. The summed E-state index contributed by atoms with van der Waals surface area (Å²) in [6.07, 6.45) is 0. The van der Waals surface area contributed by atoms with Crippen molar-refractivity contribution in [2.24, 2.45) is 0 Å². The first-order valence-corrected chi connectivity index (χ1v) is 8.48. The Labute approximate surface area is 134 Å². The average Bonchev–Trinajstić information content (AvgIpc) is 2.70. The van der Waals surface area contributed by atoms with Gasteiger partial charge < -0.3 is 5.32 Å². The topological polar surface area (TPSA) is 12.0 Å². The zero-order valence-corrected chi connectivity index (χ0v) is 15.2. The minimum absolute atomic E-state index is 0.148. The van der Waals surface area contributed by atoms with Crippen LogP contribution in [-0.2, 0) is 5.41 Å². The monoisotopic (exact) mass is 351 g/mol. The van der Waals surface area contributed by atoms with Gasteiger partial charge in [0.05, 0.1) is 6.04 Å². The average molecular weight is 352 g/mol. The number of rotatable bonds is 3. The van der Waals surface area contributed by atoms with Gasteiger partial charge in [0, 0.05) is 14.2 Å². The van der Waals surface area contributed by atoms with Gasteiger partial charge in [-0.15, -0.1) is 11.3 Å². The lowest BCUT2D eigenvalue weighted by molar-refractivity contribution is 0.568. The molecule has 0 amide bonds. The smallest absolute Gasteiger partial charge is 0.0672 e. The molecular formula is C17H22BrNS. The summed E-state index contributed by atoms with van der Waals surface area (Å²) in [7, 11) is 2.03. The number of hydrogen-bond acceptors (Lipinski definition) is 2. The van der Waals surface area contributed by atoms with E-state index in [0.717, 1.165) is 0 Å². The molecule has 1 N–H and O–H groups in total. The fourth-order valence-corrected chi connectivity index (χ4v) is 4.20. The number of nitrogens with one attached hydrogen (secondary N) is 1. The van der Waals surface area contributed by atoms with Crippen molar-refractivity contribution in [3.63, 3.8) is 0 Å². The van der Waals surface area contributed by atoms with Crippen LogP contribution in [0.3, 0.4) is 0 Å². The maximum atomic E-state index is 3.63. The Balaban J connectivity index is 2.53. The van der Waals surface area contributed by atoms with E-state index in [-0.39, 0.29) is 11.5 Å². The number of thiophene rings is 1. The molecular weight excluding hydrogens is 330 g/mol. The van der Waals surface area contributed by atoms with Crippen LogP contribution in [-0.4, -0.2) is 7.05 Å². The molecule has 1 nitrogen and oxygen atoms in total. The van der Waals surface area contributed by atoms with Gasteiger partial charge in [0.2, 0.25) is 0 Å². The third kappa shape index (κ3) is 3.16. The van der Waals surface area contributed by atoms with Gasteiger partial charge >= 0.3 is 0 Å². The van der Waals surface area contributed by atoms with Gasteiger partial charge in [-0.05, 0) is 52.5 Å². The van der Waals surface area contributed by atoms with E-state index in [0.29, 0.717) is 0 Å². The number of hydrogen-bond donors (Lipinski definition) is 1. The summed E-state index contributed by atoms with van der Waals surface area (Å²) >= 11 is 5.48. The van der Waals surface area contributed by atoms with Crippen LogP contribution >= 0.6 is 27.3 Å². The highest BCUT2D eigenvalue weighted by atomic mass is 79.9. The van der Waals surface area contributed by atoms with Gasteiger partial charge in [0.25, 0.3) is 0 Å². The first kappa shape index (κ1) is 15.7. The molecule has 1 heterocycles. The second-order valence-corrected chi connectivity index (χ2v) is 8.25. The van der Waals surface area contributed by atoms with E-state index in [1.807, 2.05) is 18.4 Å². The molecule has 3 heteroatoms. The highest BCUT2D eigenvalue weighted by molar-refractivity contribution is 9.10. The standard InChI is InChI=1S/C17H22BrNS/c1-11-14(18)10-15(20-11)16(19-5)12-8-6-7-9-13(12)17(2,3)4/h6-10,16,19H,1-5H3. The highest BCUT2D eigenvalue weighted by Crippen LogP contribution is 2.37. The van der Waals surface area contributed by atoms with E-state index in [1.165, 1.54) is 25.4 Å². The molecule has 0 fully saturated rings. The van der Waals surface area contributed by atoms with E-state index < -0.39 is 0 Å². The lowest BCUT2D eigenvalue weighted by Gasteiger charge is -2.27. The maximum Gasteiger partial charge on any atom is 0.0672 e. The summed E-state index contributed by atoms with van der Waals surface area (Å²) in [5, 5.41) is 3.48. The lowest BCUT2D eigenvalue weighted by Crippen LogP contribution is -2.22. The molecule has 0 saturated heterocycles. The van der Waals surface area contributed by atoms with Crippen molar-refractivity contribution in [1.29, 1.82) is 0 Å². The fraction of sp³-hybridized carbons (Fsp3) is 0.412. The Morgan fingerprint density at radius 2 is 1.85 bits per heavy atom. The molecule has 1 aromatic carbocycles. The molecule has 2 aromatic rings. The Bertz CT molecular complexity index is 576. The van der Waals surface area contributed by atoms with Gasteiger partial charge in [0.15, 0.2) is 0 Å². The molecule has 1 aromatic heterocycles. The Kier molecular flexibility index (Phi) is 4.73. The summed E-state index contributed by atoms with van der Waals surface area (Å²) < 4.78 is 1.20. The van der Waals surface area contributed by atoms with Crippen LogP contribution < -0.4 is 5.32 Å². The van der Waals surface area contributed by atoms with Crippen molar-refractivity contribution in [2.75, 3.05) is 7.05 Å². The summed E-state index contributed by atoms with van der Waals surface area (Å²) in [5.74, 6) is 0. The SMILES string of the molecule is CNC(c1cc(Br)c(C)s1)c1ccccc1C(C)(C)C. The molecule has 1 atom stereocenters. The molecule has 108 valence electrons. The minimum Gasteiger partial charge on any atom is -0.309 e. The fourth-order valence-electron chi connectivity index (χ4n) is 2.51. The molecule has 0 bridgehead atoms. The van der Waals surface area contributed by atoms with Gasteiger partial charge in [-0.25, -0.2) is 0 Å². The van der Waals surface area contributed by atoms with E-state index >= 15 is 0 Å². The first-order valence-electron chi connectivity index (χ1n) is 6.87. The number of benzene rings is 1. The normalized spacial score (nSPS) is 13.5. The van der Waals surface area contributed by atoms with Crippen molar-refractivity contribution < 1.29 is 0 Å². The van der Waals surface area contributed by atoms with Crippen LogP contribution in [0.25, 0.3) is 0 Å². The van der Waals surface area contributed by atoms with Crippen molar-refractivity contribution >= 4 is 27.3 Å². The van der Waals surface area contributed by atoms with E-state index in [4.69, 9.17) is 0 Å². The van der Waals surface area contributed by atoms with E-state index in [1.54, 1.807) is 0 Å². The zero-order chi connectivity index (χ0) is 14.9. The Hall–Kier alpha value is -0.640. The molecule has 1 unspecified atom stereocenters. The summed E-state index contributed by atoms with van der Waals surface area (Å²) in [6, 6.07) is 11.2. The van der Waals surface area contributed by atoms with Crippen LogP contribution in [0.1, 0.15) is 47.7 Å². The van der Waals surface area contributed by atoms with Gasteiger partial charge in [-0.1, -0.05) is 45.0 Å². The zero-order valence-electron chi connectivity index (χ0n) is 12.8. The predicted octanol–water partition coefficient (Wildman–Crippen LogP) is 5.43. The molecule has 0 radical (unpaired) electrons. The van der Waals surface area contributed by atoms with Gasteiger partial charge in [0.1, 0.15) is 0 Å². The first-order chi connectivity index (χ1) is 9.34. The molecule has 2 rings (SSSR count). The molecule has 0 aliphatic rings. The van der Waals surface area contributed by atoms with E-state index in [9.17, 15) is 0 Å². The largest absolute Gasteiger partial charge is 0.309 e. The third-order valence-corrected chi connectivity index (χ3v) is 5.73. The Morgan fingerprint density at radius 3 is 2.35 bits per heavy atom. The highest BCUT2D eigenvalue weighted by Gasteiger charge is 2.24. The van der Waals surface area contributed by atoms with Crippen LogP contribution in [0.4, 0.5) is 0 Å². The van der Waals surface area contributed by atoms with E-state index in [2.05, 4.69) is 79.3 Å². The summed E-state index contributed by atoms with van der Waals surface area (Å²) in [5.41, 5.74) is 2.92. The van der Waals surface area contributed by atoms with Crippen molar-refractivity contribution in [3.8, 4) is 0 Å². The van der Waals surface area contributed by atoms with Crippen LogP contribution in [0.2, 0.25) is 0 Å². The second-order valence-electron chi connectivity index (χ2n) is 6.11. The van der Waals surface area contributed by atoms with Crippen molar-refractivity contribution in [1.82, 2.24) is 5.32 Å². The number of halogens is 1. The predicted molar refractivity (Wildman–Crippen MR) is 92.8 cm³/mol. The lowest BCUT2D eigenvalue weighted by atomic mass is 9.81. The van der Waals surface area contributed by atoms with Crippen LogP contribution in [0.15, 0.2) is 34.8 Å². The van der Waals surface area contributed by atoms with Crippen molar-refractivity contribution in [2.45, 2.75) is 39.2 Å². The minimum atomic E-state index is 0.148. The third-order valence-electron chi connectivity index (χ3n) is 3.53. The second kappa shape index (κ2) is 6.00. The van der Waals surface area contributed by atoms with Crippen LogP contribution in [0.5, 0.6) is 0 Å². The Morgan fingerprint density at radius 1 is 1.20 bits per heavy atom. The molecule has 0 aliphatic heterocycles. The molecule has 0 aliphatic carbocycles. The maximum absolute atomic E-state index is 3.63.